The lowest BCUT2D eigenvalue weighted by atomic mass is 10.1. The number of benzene rings is 1. The van der Waals surface area contributed by atoms with Crippen molar-refractivity contribution in [3.05, 3.63) is 36.4 Å². The zero-order valence-electron chi connectivity index (χ0n) is 9.08. The third kappa shape index (κ3) is 3.52. The first-order valence-electron chi connectivity index (χ1n) is 4.74. The molecule has 0 aliphatic carbocycles. The molecule has 1 aromatic rings. The predicted molar refractivity (Wildman–Crippen MR) is 59.9 cm³/mol. The van der Waals surface area contributed by atoms with Gasteiger partial charge in [0.2, 0.25) is 0 Å². The summed E-state index contributed by atoms with van der Waals surface area (Å²) in [6.45, 7) is 7.63. The van der Waals surface area contributed by atoms with Crippen LogP contribution in [0.25, 0.3) is 0 Å². The Bertz CT molecular complexity index is 280. The molecule has 0 atom stereocenters. The van der Waals surface area contributed by atoms with Crippen molar-refractivity contribution in [2.45, 2.75) is 20.3 Å². The summed E-state index contributed by atoms with van der Waals surface area (Å²) >= 11 is 0. The van der Waals surface area contributed by atoms with Crippen LogP contribution in [0.15, 0.2) is 30.9 Å². The van der Waals surface area contributed by atoms with Crippen molar-refractivity contribution < 1.29 is 9.84 Å². The second kappa shape index (κ2) is 7.01. The van der Waals surface area contributed by atoms with E-state index in [-0.39, 0.29) is 5.75 Å². The Labute approximate surface area is 85.8 Å². The topological polar surface area (TPSA) is 29.5 Å². The maximum Gasteiger partial charge on any atom is 0.160 e. The minimum Gasteiger partial charge on any atom is -0.504 e. The second-order valence-corrected chi connectivity index (χ2v) is 2.50. The average Bonchev–Trinajstić information content (AvgIpc) is 2.24. The van der Waals surface area contributed by atoms with Crippen LogP contribution in [0, 0.1) is 0 Å². The molecular formula is C12H18O2. The second-order valence-electron chi connectivity index (χ2n) is 2.50. The van der Waals surface area contributed by atoms with Gasteiger partial charge in [0.1, 0.15) is 0 Å². The largest absolute Gasteiger partial charge is 0.504 e. The fourth-order valence-corrected chi connectivity index (χ4v) is 1.02. The zero-order valence-corrected chi connectivity index (χ0v) is 9.08. The van der Waals surface area contributed by atoms with Gasteiger partial charge in [-0.1, -0.05) is 26.0 Å². The SMILES string of the molecule is C=CCc1ccc(O)c(OC)c1.CC. The third-order valence-electron chi connectivity index (χ3n) is 1.62. The lowest BCUT2D eigenvalue weighted by molar-refractivity contribution is 0.373. The van der Waals surface area contributed by atoms with E-state index < -0.39 is 0 Å². The summed E-state index contributed by atoms with van der Waals surface area (Å²) in [5, 5.41) is 9.25. The highest BCUT2D eigenvalue weighted by Gasteiger charge is 2.00. The van der Waals surface area contributed by atoms with Crippen LogP contribution in [0.1, 0.15) is 19.4 Å². The average molecular weight is 194 g/mol. The molecule has 0 saturated carbocycles. The molecule has 78 valence electrons. The van der Waals surface area contributed by atoms with E-state index in [0.717, 1.165) is 12.0 Å². The van der Waals surface area contributed by atoms with Crippen LogP contribution < -0.4 is 4.74 Å². The molecule has 0 heterocycles. The molecule has 0 spiro atoms. The summed E-state index contributed by atoms with van der Waals surface area (Å²) in [5.41, 5.74) is 1.08. The minimum atomic E-state index is 0.172. The monoisotopic (exact) mass is 194 g/mol. The van der Waals surface area contributed by atoms with Crippen molar-refractivity contribution in [1.82, 2.24) is 0 Å². The van der Waals surface area contributed by atoms with Crippen LogP contribution in [-0.2, 0) is 6.42 Å². The van der Waals surface area contributed by atoms with Crippen LogP contribution in [0.3, 0.4) is 0 Å². The van der Waals surface area contributed by atoms with Crippen molar-refractivity contribution in [3.8, 4) is 11.5 Å². The van der Waals surface area contributed by atoms with Gasteiger partial charge in [-0.05, 0) is 24.1 Å². The van der Waals surface area contributed by atoms with E-state index in [1.807, 2.05) is 26.0 Å². The van der Waals surface area contributed by atoms with E-state index in [1.165, 1.54) is 7.11 Å². The highest BCUT2D eigenvalue weighted by atomic mass is 16.5. The number of hydrogen-bond acceptors (Lipinski definition) is 2. The molecule has 0 amide bonds. The fourth-order valence-electron chi connectivity index (χ4n) is 1.02. The summed E-state index contributed by atoms with van der Waals surface area (Å²) in [6.07, 6.45) is 2.60. The molecule has 0 bridgehead atoms. The summed E-state index contributed by atoms with van der Waals surface area (Å²) in [7, 11) is 1.53. The molecule has 1 N–H and O–H groups in total. The van der Waals surface area contributed by atoms with E-state index >= 15 is 0 Å². The van der Waals surface area contributed by atoms with Gasteiger partial charge in [-0.25, -0.2) is 0 Å². The number of phenols is 1. The quantitative estimate of drug-likeness (QED) is 0.749. The van der Waals surface area contributed by atoms with Gasteiger partial charge >= 0.3 is 0 Å². The van der Waals surface area contributed by atoms with Gasteiger partial charge in [0.05, 0.1) is 7.11 Å². The van der Waals surface area contributed by atoms with Crippen LogP contribution in [0.4, 0.5) is 0 Å². The van der Waals surface area contributed by atoms with Crippen LogP contribution >= 0.6 is 0 Å². The van der Waals surface area contributed by atoms with Gasteiger partial charge in [0.15, 0.2) is 11.5 Å². The maximum absolute atomic E-state index is 9.25. The molecule has 0 saturated heterocycles. The van der Waals surface area contributed by atoms with Gasteiger partial charge in [-0.3, -0.25) is 0 Å². The Morgan fingerprint density at radius 2 is 2.07 bits per heavy atom. The molecule has 1 aromatic carbocycles. The number of hydrogen-bond donors (Lipinski definition) is 1. The fraction of sp³-hybridized carbons (Fsp3) is 0.333. The smallest absolute Gasteiger partial charge is 0.160 e. The first kappa shape index (κ1) is 12.6. The summed E-state index contributed by atoms with van der Waals surface area (Å²) in [5.74, 6) is 0.680. The molecule has 0 aromatic heterocycles. The van der Waals surface area contributed by atoms with Crippen molar-refractivity contribution >= 4 is 0 Å². The van der Waals surface area contributed by atoms with Gasteiger partial charge in [0, 0.05) is 0 Å². The number of methoxy groups -OCH3 is 1. The molecule has 14 heavy (non-hydrogen) atoms. The van der Waals surface area contributed by atoms with Crippen molar-refractivity contribution in [1.29, 1.82) is 0 Å². The molecular weight excluding hydrogens is 176 g/mol. The normalized spacial score (nSPS) is 8.50. The molecule has 0 radical (unpaired) electrons. The molecule has 0 aliphatic rings. The Balaban J connectivity index is 0.000000791. The standard InChI is InChI=1S/C10H12O2.C2H6/c1-3-4-8-5-6-9(11)10(7-8)12-2;1-2/h3,5-7,11H,1,4H2,2H3;1-2H3. The van der Waals surface area contributed by atoms with Crippen molar-refractivity contribution in [2.75, 3.05) is 7.11 Å². The molecule has 0 unspecified atom stereocenters. The van der Waals surface area contributed by atoms with Gasteiger partial charge in [-0.15, -0.1) is 6.58 Å². The predicted octanol–water partition coefficient (Wildman–Crippen LogP) is 3.16. The molecule has 1 rings (SSSR count). The Morgan fingerprint density at radius 3 is 2.57 bits per heavy atom. The summed E-state index contributed by atoms with van der Waals surface area (Å²) < 4.78 is 4.95. The number of ether oxygens (including phenoxy) is 1. The van der Waals surface area contributed by atoms with Crippen molar-refractivity contribution in [3.63, 3.8) is 0 Å². The first-order valence-corrected chi connectivity index (χ1v) is 4.74. The summed E-state index contributed by atoms with van der Waals surface area (Å²) in [4.78, 5) is 0. The number of aromatic hydroxyl groups is 1. The van der Waals surface area contributed by atoms with Gasteiger partial charge in [-0.2, -0.15) is 0 Å². The van der Waals surface area contributed by atoms with Crippen LogP contribution in [0.5, 0.6) is 11.5 Å². The molecule has 2 nitrogen and oxygen atoms in total. The number of phenolic OH excluding ortho intramolecular Hbond substituents is 1. The highest BCUT2D eigenvalue weighted by molar-refractivity contribution is 5.42. The summed E-state index contributed by atoms with van der Waals surface area (Å²) in [6, 6.07) is 5.27. The van der Waals surface area contributed by atoms with Crippen molar-refractivity contribution in [2.24, 2.45) is 0 Å². The highest BCUT2D eigenvalue weighted by Crippen LogP contribution is 2.26. The Morgan fingerprint density at radius 1 is 1.43 bits per heavy atom. The lowest BCUT2D eigenvalue weighted by Crippen LogP contribution is -1.86. The molecule has 0 aliphatic heterocycles. The number of allylic oxidation sites excluding steroid dienone is 1. The van der Waals surface area contributed by atoms with Gasteiger partial charge < -0.3 is 9.84 Å². The molecule has 2 heteroatoms. The van der Waals surface area contributed by atoms with E-state index in [0.29, 0.717) is 5.75 Å². The van der Waals surface area contributed by atoms with Crippen LogP contribution in [-0.4, -0.2) is 12.2 Å². The third-order valence-corrected chi connectivity index (χ3v) is 1.62. The zero-order chi connectivity index (χ0) is 11.0. The molecule has 0 fully saturated rings. The van der Waals surface area contributed by atoms with E-state index in [1.54, 1.807) is 12.1 Å². The van der Waals surface area contributed by atoms with Crippen LogP contribution in [0.2, 0.25) is 0 Å². The Hall–Kier alpha value is -1.44. The van der Waals surface area contributed by atoms with E-state index in [9.17, 15) is 5.11 Å². The van der Waals surface area contributed by atoms with E-state index in [4.69, 9.17) is 4.74 Å². The maximum atomic E-state index is 9.25. The van der Waals surface area contributed by atoms with Gasteiger partial charge in [0.25, 0.3) is 0 Å². The Kier molecular flexibility index (Phi) is 6.29. The van der Waals surface area contributed by atoms with E-state index in [2.05, 4.69) is 6.58 Å². The first-order chi connectivity index (χ1) is 6.77. The minimum absolute atomic E-state index is 0.172. The number of rotatable bonds is 3. The lowest BCUT2D eigenvalue weighted by Gasteiger charge is -2.04.